The highest BCUT2D eigenvalue weighted by atomic mass is 16.5. The van der Waals surface area contributed by atoms with Crippen LogP contribution in [-0.2, 0) is 4.79 Å². The first-order valence-corrected chi connectivity index (χ1v) is 4.26. The first kappa shape index (κ1) is 10.3. The van der Waals surface area contributed by atoms with Gasteiger partial charge in [0.05, 0.1) is 0 Å². The molecule has 0 fully saturated rings. The lowest BCUT2D eigenvalue weighted by molar-refractivity contribution is -0.129. The number of aryl methyl sites for hydroxylation is 1. The van der Waals surface area contributed by atoms with Gasteiger partial charge in [0, 0.05) is 17.3 Å². The highest BCUT2D eigenvalue weighted by Gasteiger charge is 2.07. The van der Waals surface area contributed by atoms with Crippen LogP contribution in [0.1, 0.15) is 11.1 Å². The second-order valence-electron chi connectivity index (χ2n) is 3.04. The van der Waals surface area contributed by atoms with Crippen molar-refractivity contribution in [2.24, 2.45) is 0 Å². The van der Waals surface area contributed by atoms with E-state index in [0.29, 0.717) is 11.4 Å². The van der Waals surface area contributed by atoms with Gasteiger partial charge in [-0.15, -0.1) is 0 Å². The second-order valence-corrected chi connectivity index (χ2v) is 3.04. The van der Waals surface area contributed by atoms with E-state index in [0.717, 1.165) is 17.2 Å². The van der Waals surface area contributed by atoms with Crippen molar-refractivity contribution < 1.29 is 9.53 Å². The lowest BCUT2D eigenvalue weighted by Gasteiger charge is -2.09. The Labute approximate surface area is 83.2 Å². The average Bonchev–Trinajstić information content (AvgIpc) is 2.19. The molecule has 74 valence electrons. The summed E-state index contributed by atoms with van der Waals surface area (Å²) < 4.78 is 4.99. The molecule has 0 heterocycles. The normalized spacial score (nSPS) is 9.57. The first-order valence-electron chi connectivity index (χ1n) is 4.26. The van der Waals surface area contributed by atoms with Gasteiger partial charge in [-0.2, -0.15) is 0 Å². The Morgan fingerprint density at radius 1 is 1.50 bits per heavy atom. The molecule has 0 aliphatic carbocycles. The van der Waals surface area contributed by atoms with Crippen LogP contribution in [-0.4, -0.2) is 5.97 Å². The molecule has 1 aromatic carbocycles. The van der Waals surface area contributed by atoms with Gasteiger partial charge in [0.25, 0.3) is 0 Å². The van der Waals surface area contributed by atoms with E-state index in [4.69, 9.17) is 10.5 Å². The van der Waals surface area contributed by atoms with Gasteiger partial charge in [-0.25, -0.2) is 4.79 Å². The third-order valence-corrected chi connectivity index (χ3v) is 2.06. The average molecular weight is 191 g/mol. The van der Waals surface area contributed by atoms with Gasteiger partial charge >= 0.3 is 5.97 Å². The molecule has 3 heteroatoms. The number of anilines is 1. The molecule has 0 aliphatic rings. The van der Waals surface area contributed by atoms with E-state index >= 15 is 0 Å². The molecule has 0 amide bonds. The molecule has 0 saturated carbocycles. The van der Waals surface area contributed by atoms with Gasteiger partial charge < -0.3 is 10.5 Å². The van der Waals surface area contributed by atoms with Gasteiger partial charge in [0.2, 0.25) is 0 Å². The summed E-state index contributed by atoms with van der Waals surface area (Å²) in [7, 11) is 0. The van der Waals surface area contributed by atoms with Gasteiger partial charge in [0.15, 0.2) is 0 Å². The topological polar surface area (TPSA) is 52.3 Å². The van der Waals surface area contributed by atoms with E-state index < -0.39 is 5.97 Å². The SMILES string of the molecule is C=CC(=O)Oc1ccc(C)c(N)c1C. The number of ether oxygens (including phenoxy) is 1. The van der Waals surface area contributed by atoms with Crippen LogP contribution in [0.15, 0.2) is 24.8 Å². The number of carbonyl (C=O) groups is 1. The smallest absolute Gasteiger partial charge is 0.335 e. The summed E-state index contributed by atoms with van der Waals surface area (Å²) in [6.45, 7) is 7.04. The van der Waals surface area contributed by atoms with E-state index in [1.54, 1.807) is 6.07 Å². The molecule has 0 saturated heterocycles. The number of carbonyl (C=O) groups excluding carboxylic acids is 1. The Kier molecular flexibility index (Phi) is 2.92. The van der Waals surface area contributed by atoms with E-state index in [2.05, 4.69) is 6.58 Å². The predicted octanol–water partition coefficient (Wildman–Crippen LogP) is 1.98. The van der Waals surface area contributed by atoms with Crippen LogP contribution in [0.3, 0.4) is 0 Å². The van der Waals surface area contributed by atoms with Crippen LogP contribution >= 0.6 is 0 Å². The summed E-state index contributed by atoms with van der Waals surface area (Å²) in [5.41, 5.74) is 8.19. The van der Waals surface area contributed by atoms with Crippen LogP contribution in [0.5, 0.6) is 5.75 Å². The van der Waals surface area contributed by atoms with Crippen molar-refractivity contribution in [3.63, 3.8) is 0 Å². The Balaban J connectivity index is 3.05. The molecule has 2 N–H and O–H groups in total. The monoisotopic (exact) mass is 191 g/mol. The number of hydrogen-bond donors (Lipinski definition) is 1. The quantitative estimate of drug-likeness (QED) is 0.336. The number of hydrogen-bond acceptors (Lipinski definition) is 3. The molecular formula is C11H13NO2. The molecular weight excluding hydrogens is 178 g/mol. The number of benzene rings is 1. The molecule has 0 bridgehead atoms. The van der Waals surface area contributed by atoms with Crippen molar-refractivity contribution in [2.45, 2.75) is 13.8 Å². The fourth-order valence-electron chi connectivity index (χ4n) is 1.10. The van der Waals surface area contributed by atoms with Crippen LogP contribution in [0.4, 0.5) is 5.69 Å². The maximum Gasteiger partial charge on any atom is 0.335 e. The molecule has 0 unspecified atom stereocenters. The van der Waals surface area contributed by atoms with Crippen molar-refractivity contribution in [3.05, 3.63) is 35.9 Å². The summed E-state index contributed by atoms with van der Waals surface area (Å²) in [5, 5.41) is 0. The van der Waals surface area contributed by atoms with Crippen LogP contribution in [0.2, 0.25) is 0 Å². The summed E-state index contributed by atoms with van der Waals surface area (Å²) >= 11 is 0. The van der Waals surface area contributed by atoms with Gasteiger partial charge in [-0.1, -0.05) is 12.6 Å². The van der Waals surface area contributed by atoms with Gasteiger partial charge in [-0.05, 0) is 25.5 Å². The summed E-state index contributed by atoms with van der Waals surface area (Å²) in [6, 6.07) is 3.54. The molecule has 0 spiro atoms. The number of nitrogen functional groups attached to an aromatic ring is 1. The highest BCUT2D eigenvalue weighted by Crippen LogP contribution is 2.26. The van der Waals surface area contributed by atoms with Crippen LogP contribution in [0, 0.1) is 13.8 Å². The Bertz CT molecular complexity index is 383. The van der Waals surface area contributed by atoms with Gasteiger partial charge in [0.1, 0.15) is 5.75 Å². The lowest BCUT2D eigenvalue weighted by atomic mass is 10.1. The molecule has 0 radical (unpaired) electrons. The number of rotatable bonds is 2. The Morgan fingerprint density at radius 2 is 2.14 bits per heavy atom. The minimum Gasteiger partial charge on any atom is -0.423 e. The van der Waals surface area contributed by atoms with E-state index in [1.165, 1.54) is 0 Å². The predicted molar refractivity (Wildman–Crippen MR) is 56.2 cm³/mol. The maximum absolute atomic E-state index is 10.9. The number of esters is 1. The number of nitrogens with two attached hydrogens (primary N) is 1. The molecule has 1 aromatic rings. The molecule has 1 rings (SSSR count). The van der Waals surface area contributed by atoms with E-state index in [1.807, 2.05) is 19.9 Å². The second kappa shape index (κ2) is 3.96. The fourth-order valence-corrected chi connectivity index (χ4v) is 1.10. The highest BCUT2D eigenvalue weighted by molar-refractivity contribution is 5.84. The van der Waals surface area contributed by atoms with Crippen molar-refractivity contribution >= 4 is 11.7 Å². The minimum atomic E-state index is -0.476. The molecule has 0 atom stereocenters. The first-order chi connectivity index (χ1) is 6.56. The van der Waals surface area contributed by atoms with Crippen molar-refractivity contribution in [3.8, 4) is 5.75 Å². The van der Waals surface area contributed by atoms with E-state index in [-0.39, 0.29) is 0 Å². The van der Waals surface area contributed by atoms with Gasteiger partial charge in [-0.3, -0.25) is 0 Å². The zero-order valence-corrected chi connectivity index (χ0v) is 8.33. The maximum atomic E-state index is 10.9. The van der Waals surface area contributed by atoms with Crippen LogP contribution < -0.4 is 10.5 Å². The standard InChI is InChI=1S/C11H13NO2/c1-4-10(13)14-9-6-5-7(2)11(12)8(9)3/h4-6H,1,12H2,2-3H3. The van der Waals surface area contributed by atoms with Crippen molar-refractivity contribution in [2.75, 3.05) is 5.73 Å². The minimum absolute atomic E-state index is 0.476. The summed E-state index contributed by atoms with van der Waals surface area (Å²) in [5.74, 6) is 0.00866. The Hall–Kier alpha value is -1.77. The summed E-state index contributed by atoms with van der Waals surface area (Å²) in [6.07, 6.45) is 1.12. The van der Waals surface area contributed by atoms with Crippen LogP contribution in [0.25, 0.3) is 0 Å². The zero-order valence-electron chi connectivity index (χ0n) is 8.33. The van der Waals surface area contributed by atoms with E-state index in [9.17, 15) is 4.79 Å². The molecule has 0 aliphatic heterocycles. The van der Waals surface area contributed by atoms with Crippen molar-refractivity contribution in [1.29, 1.82) is 0 Å². The largest absolute Gasteiger partial charge is 0.423 e. The fraction of sp³-hybridized carbons (Fsp3) is 0.182. The Morgan fingerprint density at radius 3 is 2.71 bits per heavy atom. The molecule has 14 heavy (non-hydrogen) atoms. The third-order valence-electron chi connectivity index (χ3n) is 2.06. The zero-order chi connectivity index (χ0) is 10.7. The van der Waals surface area contributed by atoms with Crippen molar-refractivity contribution in [1.82, 2.24) is 0 Å². The summed E-state index contributed by atoms with van der Waals surface area (Å²) in [4.78, 5) is 10.9. The molecule has 3 nitrogen and oxygen atoms in total. The third kappa shape index (κ3) is 1.93. The molecule has 0 aromatic heterocycles. The lowest BCUT2D eigenvalue weighted by Crippen LogP contribution is -2.06.